The van der Waals surface area contributed by atoms with Gasteiger partial charge >= 0.3 is 12.1 Å². The van der Waals surface area contributed by atoms with Crippen molar-refractivity contribution < 1.29 is 19.4 Å². The van der Waals surface area contributed by atoms with Crippen LogP contribution in [0.3, 0.4) is 0 Å². The highest BCUT2D eigenvalue weighted by Crippen LogP contribution is 2.31. The van der Waals surface area contributed by atoms with Gasteiger partial charge in [-0.1, -0.05) is 18.2 Å². The molecule has 3 fully saturated rings. The van der Waals surface area contributed by atoms with Gasteiger partial charge in [0, 0.05) is 17.1 Å². The van der Waals surface area contributed by atoms with E-state index in [1.807, 2.05) is 30.3 Å². The van der Waals surface area contributed by atoms with Crippen molar-refractivity contribution >= 4 is 29.1 Å². The van der Waals surface area contributed by atoms with Crippen LogP contribution in [-0.2, 0) is 11.3 Å². The molecule has 3 saturated heterocycles. The summed E-state index contributed by atoms with van der Waals surface area (Å²) in [6.45, 7) is 3.28. The molecule has 1 aromatic heterocycles. The van der Waals surface area contributed by atoms with Gasteiger partial charge in [0.25, 0.3) is 0 Å². The second-order valence-electron chi connectivity index (χ2n) is 7.05. The van der Waals surface area contributed by atoms with Crippen LogP contribution in [0, 0.1) is 5.92 Å². The average molecular weight is 386 g/mol. The third kappa shape index (κ3) is 3.99. The van der Waals surface area contributed by atoms with E-state index in [2.05, 4.69) is 4.90 Å². The van der Waals surface area contributed by atoms with Gasteiger partial charge < -0.3 is 9.84 Å². The molecule has 3 aliphatic heterocycles. The minimum atomic E-state index is -0.952. The second kappa shape index (κ2) is 7.70. The maximum atomic E-state index is 13.0. The molecule has 0 radical (unpaired) electrons. The molecular formula is C20H22N2O4S. The maximum absolute atomic E-state index is 13.0. The number of piperidine rings is 3. The van der Waals surface area contributed by atoms with Gasteiger partial charge in [0.05, 0.1) is 6.54 Å². The van der Waals surface area contributed by atoms with Crippen LogP contribution in [0.1, 0.15) is 27.4 Å². The first-order chi connectivity index (χ1) is 13.1. The summed E-state index contributed by atoms with van der Waals surface area (Å²) in [6.07, 6.45) is 1.72. The number of para-hydroxylation sites is 1. The molecule has 5 rings (SSSR count). The number of carboxylic acid groups (broad SMARTS) is 1. The molecule has 0 spiro atoms. The van der Waals surface area contributed by atoms with E-state index in [0.717, 1.165) is 43.0 Å². The number of benzene rings is 1. The Hall–Kier alpha value is -2.38. The van der Waals surface area contributed by atoms with Crippen molar-refractivity contribution in [2.24, 2.45) is 5.92 Å². The molecule has 1 aromatic carbocycles. The van der Waals surface area contributed by atoms with E-state index in [9.17, 15) is 9.59 Å². The summed E-state index contributed by atoms with van der Waals surface area (Å²) in [5.74, 6) is -0.510. The lowest BCUT2D eigenvalue weighted by Crippen LogP contribution is -2.53. The Morgan fingerprint density at radius 1 is 1.15 bits per heavy atom. The highest BCUT2D eigenvalue weighted by atomic mass is 32.1. The normalized spacial score (nSPS) is 23.8. The van der Waals surface area contributed by atoms with E-state index in [0.29, 0.717) is 12.5 Å². The molecule has 7 heteroatoms. The predicted octanol–water partition coefficient (Wildman–Crippen LogP) is 3.68. The highest BCUT2D eigenvalue weighted by Gasteiger charge is 2.37. The molecule has 3 aliphatic rings. The summed E-state index contributed by atoms with van der Waals surface area (Å²) in [4.78, 5) is 29.2. The van der Waals surface area contributed by atoms with E-state index >= 15 is 0 Å². The predicted molar refractivity (Wildman–Crippen MR) is 103 cm³/mol. The van der Waals surface area contributed by atoms with E-state index in [4.69, 9.17) is 9.84 Å². The van der Waals surface area contributed by atoms with Crippen LogP contribution < -0.4 is 4.90 Å². The number of rotatable bonds is 5. The lowest BCUT2D eigenvalue weighted by molar-refractivity contribution is -0.0311. The van der Waals surface area contributed by atoms with E-state index in [1.165, 1.54) is 11.3 Å². The number of thiophene rings is 1. The fourth-order valence-electron chi connectivity index (χ4n) is 3.84. The number of carbonyl (C=O) groups excluding carboxylic acids is 1. The third-order valence-corrected chi connectivity index (χ3v) is 6.38. The molecule has 0 saturated carbocycles. The maximum Gasteiger partial charge on any atom is 0.414 e. The van der Waals surface area contributed by atoms with E-state index in [1.54, 1.807) is 17.0 Å². The van der Waals surface area contributed by atoms with Crippen molar-refractivity contribution in [2.75, 3.05) is 24.5 Å². The van der Waals surface area contributed by atoms with Crippen molar-refractivity contribution in [3.63, 3.8) is 0 Å². The Labute approximate surface area is 162 Å². The number of ether oxygens (including phenoxy) is 1. The Balaban J connectivity index is 1.52. The number of amides is 1. The van der Waals surface area contributed by atoms with Gasteiger partial charge in [0.1, 0.15) is 11.0 Å². The lowest BCUT2D eigenvalue weighted by Gasteiger charge is -2.44. The molecule has 1 atom stereocenters. The van der Waals surface area contributed by atoms with Crippen molar-refractivity contribution in [1.29, 1.82) is 0 Å². The topological polar surface area (TPSA) is 70.1 Å². The summed E-state index contributed by atoms with van der Waals surface area (Å²) in [5, 5.41) is 9.14. The number of carboxylic acids is 1. The largest absolute Gasteiger partial charge is 0.477 e. The molecular weight excluding hydrogens is 364 g/mol. The number of hydrogen-bond donors (Lipinski definition) is 1. The van der Waals surface area contributed by atoms with Crippen LogP contribution in [0.5, 0.6) is 0 Å². The second-order valence-corrected chi connectivity index (χ2v) is 8.22. The lowest BCUT2D eigenvalue weighted by atomic mass is 9.86. The molecule has 1 N–H and O–H groups in total. The summed E-state index contributed by atoms with van der Waals surface area (Å²) in [5.41, 5.74) is 0.744. The molecule has 0 aliphatic carbocycles. The zero-order valence-corrected chi connectivity index (χ0v) is 15.7. The van der Waals surface area contributed by atoms with Crippen LogP contribution >= 0.6 is 11.3 Å². The van der Waals surface area contributed by atoms with Gasteiger partial charge in [0.2, 0.25) is 0 Å². The zero-order valence-electron chi connectivity index (χ0n) is 14.9. The standard InChI is InChI=1S/C20H22N2O4S/c23-19(24)18-7-6-16(27-18)12-22(15-4-2-1-3-5-15)20(25)26-17-13-21-10-8-14(17)9-11-21/h1-7,14,17H,8-13H2,(H,23,24)/t17-/m0/s1. The first-order valence-electron chi connectivity index (χ1n) is 9.18. The zero-order chi connectivity index (χ0) is 18.8. The van der Waals surface area contributed by atoms with Crippen LogP contribution in [0.15, 0.2) is 42.5 Å². The van der Waals surface area contributed by atoms with Gasteiger partial charge in [-0.25, -0.2) is 9.59 Å². The molecule has 2 bridgehead atoms. The minimum Gasteiger partial charge on any atom is -0.477 e. The number of aromatic carboxylic acids is 1. The van der Waals surface area contributed by atoms with Crippen molar-refractivity contribution in [3.8, 4) is 0 Å². The van der Waals surface area contributed by atoms with Crippen LogP contribution in [0.2, 0.25) is 0 Å². The fraction of sp³-hybridized carbons (Fsp3) is 0.400. The van der Waals surface area contributed by atoms with Crippen LogP contribution in [0.4, 0.5) is 10.5 Å². The first-order valence-corrected chi connectivity index (χ1v) is 9.99. The van der Waals surface area contributed by atoms with Crippen LogP contribution in [-0.4, -0.2) is 47.8 Å². The number of nitrogens with zero attached hydrogens (tertiary/aromatic N) is 2. The molecule has 0 unspecified atom stereocenters. The Bertz CT molecular complexity index is 814. The molecule has 1 amide bonds. The summed E-state index contributed by atoms with van der Waals surface area (Å²) < 4.78 is 5.90. The van der Waals surface area contributed by atoms with Gasteiger partial charge in [0.15, 0.2) is 0 Å². The number of hydrogen-bond acceptors (Lipinski definition) is 5. The number of carbonyl (C=O) groups is 2. The first kappa shape index (κ1) is 18.0. The number of fused-ring (bicyclic) bond motifs is 3. The van der Waals surface area contributed by atoms with Crippen LogP contribution in [0.25, 0.3) is 0 Å². The molecule has 6 nitrogen and oxygen atoms in total. The summed E-state index contributed by atoms with van der Waals surface area (Å²) >= 11 is 1.18. The van der Waals surface area contributed by atoms with E-state index < -0.39 is 5.97 Å². The SMILES string of the molecule is O=C(O)c1ccc(CN(C(=O)O[C@H]2CN3CCC2CC3)c2ccccc2)s1. The van der Waals surface area contributed by atoms with Gasteiger partial charge in [-0.2, -0.15) is 0 Å². The fourth-order valence-corrected chi connectivity index (χ4v) is 4.68. The molecule has 4 heterocycles. The van der Waals surface area contributed by atoms with Crippen molar-refractivity contribution in [2.45, 2.75) is 25.5 Å². The monoisotopic (exact) mass is 386 g/mol. The van der Waals surface area contributed by atoms with Gasteiger partial charge in [-0.05, 0) is 56.1 Å². The minimum absolute atomic E-state index is 0.0656. The smallest absolute Gasteiger partial charge is 0.414 e. The Kier molecular flexibility index (Phi) is 5.13. The quantitative estimate of drug-likeness (QED) is 0.849. The molecule has 27 heavy (non-hydrogen) atoms. The number of anilines is 1. The molecule has 2 aromatic rings. The highest BCUT2D eigenvalue weighted by molar-refractivity contribution is 7.13. The van der Waals surface area contributed by atoms with Crippen molar-refractivity contribution in [1.82, 2.24) is 4.90 Å². The van der Waals surface area contributed by atoms with E-state index in [-0.39, 0.29) is 17.1 Å². The van der Waals surface area contributed by atoms with Gasteiger partial charge in [-0.3, -0.25) is 9.80 Å². The van der Waals surface area contributed by atoms with Gasteiger partial charge in [-0.15, -0.1) is 11.3 Å². The average Bonchev–Trinajstić information content (AvgIpc) is 3.17. The summed E-state index contributed by atoms with van der Waals surface area (Å²) in [7, 11) is 0. The van der Waals surface area contributed by atoms with Crippen molar-refractivity contribution in [3.05, 3.63) is 52.2 Å². The summed E-state index contributed by atoms with van der Waals surface area (Å²) in [6, 6.07) is 12.7. The molecule has 142 valence electrons. The third-order valence-electron chi connectivity index (χ3n) is 5.32. The Morgan fingerprint density at radius 3 is 2.48 bits per heavy atom. The Morgan fingerprint density at radius 2 is 1.89 bits per heavy atom.